The Labute approximate surface area is 150 Å². The number of thioether (sulfide) groups is 1. The van der Waals surface area contributed by atoms with Crippen molar-refractivity contribution in [3.8, 4) is 0 Å². The molecule has 1 unspecified atom stereocenters. The molecule has 0 radical (unpaired) electrons. The first kappa shape index (κ1) is 17.2. The van der Waals surface area contributed by atoms with Gasteiger partial charge >= 0.3 is 0 Å². The molecule has 0 spiro atoms. The second kappa shape index (κ2) is 7.48. The lowest BCUT2D eigenvalue weighted by atomic mass is 10.1. The highest BCUT2D eigenvalue weighted by Gasteiger charge is 2.16. The van der Waals surface area contributed by atoms with E-state index in [0.29, 0.717) is 0 Å². The Bertz CT molecular complexity index is 880. The van der Waals surface area contributed by atoms with Crippen molar-refractivity contribution < 1.29 is 4.92 Å². The maximum atomic E-state index is 10.9. The van der Waals surface area contributed by atoms with Crippen LogP contribution in [0, 0.1) is 10.1 Å². The van der Waals surface area contributed by atoms with Crippen molar-refractivity contribution in [3.63, 3.8) is 0 Å². The van der Waals surface area contributed by atoms with Crippen LogP contribution in [-0.4, -0.2) is 19.7 Å². The maximum absolute atomic E-state index is 10.9. The first-order valence-electron chi connectivity index (χ1n) is 7.88. The Kier molecular flexibility index (Phi) is 5.14. The molecule has 25 heavy (non-hydrogen) atoms. The summed E-state index contributed by atoms with van der Waals surface area (Å²) in [6, 6.07) is 16.8. The van der Waals surface area contributed by atoms with Crippen LogP contribution in [0.2, 0.25) is 0 Å². The molecular formula is C18H18N4O2S. The van der Waals surface area contributed by atoms with Crippen LogP contribution in [0.25, 0.3) is 0 Å². The van der Waals surface area contributed by atoms with Gasteiger partial charge in [-0.05, 0) is 18.1 Å². The Balaban J connectivity index is 1.75. The summed E-state index contributed by atoms with van der Waals surface area (Å²) in [6.45, 7) is 2.01. The number of benzene rings is 2. The molecular weight excluding hydrogens is 336 g/mol. The molecule has 0 saturated heterocycles. The summed E-state index contributed by atoms with van der Waals surface area (Å²) in [5.41, 5.74) is 2.18. The van der Waals surface area contributed by atoms with E-state index in [0.717, 1.165) is 23.0 Å². The van der Waals surface area contributed by atoms with Gasteiger partial charge in [0.2, 0.25) is 0 Å². The molecule has 0 aliphatic carbocycles. The summed E-state index contributed by atoms with van der Waals surface area (Å²) in [4.78, 5) is 10.6. The minimum Gasteiger partial charge on any atom is -0.309 e. The molecule has 0 aliphatic rings. The minimum atomic E-state index is -0.374. The zero-order valence-corrected chi connectivity index (χ0v) is 14.8. The first-order chi connectivity index (χ1) is 12.0. The molecule has 0 bridgehead atoms. The van der Waals surface area contributed by atoms with Gasteiger partial charge in [-0.3, -0.25) is 10.1 Å². The smallest absolute Gasteiger partial charge is 0.269 e. The van der Waals surface area contributed by atoms with Crippen LogP contribution in [0.15, 0.2) is 59.8 Å². The normalized spacial score (nSPS) is 12.1. The van der Waals surface area contributed by atoms with Gasteiger partial charge in [-0.25, -0.2) is 0 Å². The number of hydrogen-bond donors (Lipinski definition) is 0. The number of rotatable bonds is 6. The SMILES string of the molecule is CC(Sc1nnc(Cc2ccccc2)n1C)c1cccc([N+](=O)[O-])c1. The van der Waals surface area contributed by atoms with Crippen molar-refractivity contribution in [2.75, 3.05) is 0 Å². The first-order valence-corrected chi connectivity index (χ1v) is 8.76. The van der Waals surface area contributed by atoms with E-state index in [1.807, 2.05) is 42.8 Å². The molecule has 7 heteroatoms. The molecule has 1 heterocycles. The molecule has 0 saturated carbocycles. The fourth-order valence-electron chi connectivity index (χ4n) is 2.50. The Morgan fingerprint density at radius 1 is 1.16 bits per heavy atom. The standard InChI is InChI=1S/C18H18N4O2S/c1-13(15-9-6-10-16(12-15)22(23)24)25-18-20-19-17(21(18)2)11-14-7-4-3-5-8-14/h3-10,12-13H,11H2,1-2H3. The Morgan fingerprint density at radius 3 is 2.64 bits per heavy atom. The monoisotopic (exact) mass is 354 g/mol. The number of non-ortho nitro benzene ring substituents is 1. The Morgan fingerprint density at radius 2 is 1.92 bits per heavy atom. The zero-order chi connectivity index (χ0) is 17.8. The molecule has 1 aromatic heterocycles. The van der Waals surface area contributed by atoms with Crippen LogP contribution in [0.3, 0.4) is 0 Å². The van der Waals surface area contributed by atoms with Crippen molar-refractivity contribution >= 4 is 17.4 Å². The van der Waals surface area contributed by atoms with Crippen LogP contribution in [0.1, 0.15) is 29.1 Å². The van der Waals surface area contributed by atoms with Crippen LogP contribution in [0.4, 0.5) is 5.69 Å². The van der Waals surface area contributed by atoms with Crippen LogP contribution in [0.5, 0.6) is 0 Å². The fourth-order valence-corrected chi connectivity index (χ4v) is 3.45. The van der Waals surface area contributed by atoms with Crippen LogP contribution in [-0.2, 0) is 13.5 Å². The van der Waals surface area contributed by atoms with E-state index in [1.54, 1.807) is 23.9 Å². The lowest BCUT2D eigenvalue weighted by molar-refractivity contribution is -0.384. The van der Waals surface area contributed by atoms with Crippen molar-refractivity contribution in [2.45, 2.75) is 23.8 Å². The largest absolute Gasteiger partial charge is 0.309 e. The van der Waals surface area contributed by atoms with Gasteiger partial charge in [0.25, 0.3) is 5.69 Å². The van der Waals surface area contributed by atoms with Gasteiger partial charge in [0.1, 0.15) is 5.82 Å². The van der Waals surface area contributed by atoms with E-state index in [9.17, 15) is 10.1 Å². The molecule has 0 fully saturated rings. The van der Waals surface area contributed by atoms with Crippen LogP contribution < -0.4 is 0 Å². The van der Waals surface area contributed by atoms with Gasteiger partial charge < -0.3 is 4.57 Å². The van der Waals surface area contributed by atoms with E-state index in [4.69, 9.17) is 0 Å². The number of nitrogens with zero attached hydrogens (tertiary/aromatic N) is 4. The number of aromatic nitrogens is 3. The molecule has 0 N–H and O–H groups in total. The lowest BCUT2D eigenvalue weighted by Gasteiger charge is -2.11. The van der Waals surface area contributed by atoms with Crippen molar-refractivity contribution in [3.05, 3.63) is 81.7 Å². The average Bonchev–Trinajstić information content (AvgIpc) is 2.96. The average molecular weight is 354 g/mol. The number of nitro groups is 1. The second-order valence-electron chi connectivity index (χ2n) is 5.73. The number of hydrogen-bond acceptors (Lipinski definition) is 5. The summed E-state index contributed by atoms with van der Waals surface area (Å²) < 4.78 is 1.98. The zero-order valence-electron chi connectivity index (χ0n) is 14.0. The Hall–Kier alpha value is -2.67. The highest BCUT2D eigenvalue weighted by atomic mass is 32.2. The van der Waals surface area contributed by atoms with Gasteiger partial charge in [-0.1, -0.05) is 54.2 Å². The van der Waals surface area contributed by atoms with Gasteiger partial charge in [0.15, 0.2) is 5.16 Å². The summed E-state index contributed by atoms with van der Waals surface area (Å²) in [6.07, 6.45) is 0.718. The minimum absolute atomic E-state index is 0.0346. The van der Waals surface area contributed by atoms with Crippen molar-refractivity contribution in [1.29, 1.82) is 0 Å². The summed E-state index contributed by atoms with van der Waals surface area (Å²) in [5, 5.41) is 20.3. The molecule has 0 amide bonds. The third-order valence-corrected chi connectivity index (χ3v) is 5.15. The predicted octanol–water partition coefficient (Wildman–Crippen LogP) is 4.17. The molecule has 3 aromatic rings. The van der Waals surface area contributed by atoms with E-state index in [1.165, 1.54) is 11.6 Å². The van der Waals surface area contributed by atoms with E-state index in [2.05, 4.69) is 22.3 Å². The van der Waals surface area contributed by atoms with E-state index >= 15 is 0 Å². The molecule has 2 aromatic carbocycles. The third-order valence-electron chi connectivity index (χ3n) is 3.96. The number of nitro benzene ring substituents is 1. The fraction of sp³-hybridized carbons (Fsp3) is 0.222. The van der Waals surface area contributed by atoms with Crippen molar-refractivity contribution in [2.24, 2.45) is 7.05 Å². The molecule has 1 atom stereocenters. The highest BCUT2D eigenvalue weighted by Crippen LogP contribution is 2.35. The molecule has 0 aliphatic heterocycles. The summed E-state index contributed by atoms with van der Waals surface area (Å²) in [7, 11) is 1.95. The topological polar surface area (TPSA) is 73.8 Å². The quantitative estimate of drug-likeness (QED) is 0.377. The van der Waals surface area contributed by atoms with Gasteiger partial charge in [-0.15, -0.1) is 10.2 Å². The van der Waals surface area contributed by atoms with Gasteiger partial charge in [0, 0.05) is 30.9 Å². The molecule has 128 valence electrons. The summed E-state index contributed by atoms with van der Waals surface area (Å²) >= 11 is 1.54. The second-order valence-corrected chi connectivity index (χ2v) is 7.04. The van der Waals surface area contributed by atoms with Crippen molar-refractivity contribution in [1.82, 2.24) is 14.8 Å². The molecule has 3 rings (SSSR count). The summed E-state index contributed by atoms with van der Waals surface area (Å²) in [5.74, 6) is 0.889. The van der Waals surface area contributed by atoms with Crippen LogP contribution >= 0.6 is 11.8 Å². The van der Waals surface area contributed by atoms with E-state index in [-0.39, 0.29) is 15.9 Å². The maximum Gasteiger partial charge on any atom is 0.269 e. The third kappa shape index (κ3) is 4.06. The lowest BCUT2D eigenvalue weighted by Crippen LogP contribution is -2.01. The van der Waals surface area contributed by atoms with E-state index < -0.39 is 0 Å². The predicted molar refractivity (Wildman–Crippen MR) is 97.6 cm³/mol. The van der Waals surface area contributed by atoms with Gasteiger partial charge in [-0.2, -0.15) is 0 Å². The molecule has 6 nitrogen and oxygen atoms in total. The highest BCUT2D eigenvalue weighted by molar-refractivity contribution is 7.99. The van der Waals surface area contributed by atoms with Gasteiger partial charge in [0.05, 0.1) is 4.92 Å².